The highest BCUT2D eigenvalue weighted by Gasteiger charge is 2.16. The molecule has 4 aromatic carbocycles. The molecule has 3 heterocycles. The largest absolute Gasteiger partial charge is 0.292 e. The van der Waals surface area contributed by atoms with Gasteiger partial charge in [0.1, 0.15) is 5.65 Å². The van der Waals surface area contributed by atoms with E-state index in [0.29, 0.717) is 0 Å². The molecule has 0 unspecified atom stereocenters. The van der Waals surface area contributed by atoms with Crippen LogP contribution in [0.1, 0.15) is 33.3 Å². The number of para-hydroxylation sites is 3. The van der Waals surface area contributed by atoms with E-state index in [0.717, 1.165) is 49.4 Å². The van der Waals surface area contributed by atoms with E-state index in [1.807, 2.05) is 26.0 Å². The highest BCUT2D eigenvalue weighted by Crippen LogP contribution is 2.35. The summed E-state index contributed by atoms with van der Waals surface area (Å²) in [5, 5.41) is 3.32. The van der Waals surface area contributed by atoms with Crippen molar-refractivity contribution < 1.29 is 0 Å². The summed E-state index contributed by atoms with van der Waals surface area (Å²) >= 11 is 0. The Morgan fingerprint density at radius 3 is 2.15 bits per heavy atom. The summed E-state index contributed by atoms with van der Waals surface area (Å²) in [5.74, 6) is 0. The average molecular weight is 506 g/mol. The Hall–Kier alpha value is -4.76. The zero-order chi connectivity index (χ0) is 26.9. The van der Waals surface area contributed by atoms with Crippen molar-refractivity contribution in [1.82, 2.24) is 14.4 Å². The monoisotopic (exact) mass is 505 g/mol. The number of pyridine rings is 2. The Balaban J connectivity index is 0.00000135. The fourth-order valence-corrected chi connectivity index (χ4v) is 5.44. The summed E-state index contributed by atoms with van der Waals surface area (Å²) < 4.78 is 2.28. The van der Waals surface area contributed by atoms with Crippen molar-refractivity contribution >= 4 is 55.0 Å². The van der Waals surface area contributed by atoms with Crippen LogP contribution in [0.4, 0.5) is 0 Å². The number of allylic oxidation sites excluding steroid dienone is 4. The van der Waals surface area contributed by atoms with Crippen LogP contribution in [0.5, 0.6) is 0 Å². The molecular formula is C36H31N3. The molecule has 3 aromatic heterocycles. The zero-order valence-electron chi connectivity index (χ0n) is 22.8. The molecule has 7 rings (SSSR count). The van der Waals surface area contributed by atoms with E-state index < -0.39 is 0 Å². The molecular weight excluding hydrogens is 474 g/mol. The predicted octanol–water partition coefficient (Wildman–Crippen LogP) is 10.0. The van der Waals surface area contributed by atoms with Gasteiger partial charge in [0.15, 0.2) is 0 Å². The van der Waals surface area contributed by atoms with Gasteiger partial charge in [-0.1, -0.05) is 92.7 Å². The lowest BCUT2D eigenvalue weighted by molar-refractivity contribution is 1.31. The van der Waals surface area contributed by atoms with Crippen molar-refractivity contribution in [3.05, 3.63) is 121 Å². The molecule has 7 aromatic rings. The van der Waals surface area contributed by atoms with E-state index in [1.54, 1.807) is 0 Å². The molecule has 0 saturated carbocycles. The highest BCUT2D eigenvalue weighted by molar-refractivity contribution is 6.15. The topological polar surface area (TPSA) is 30.2 Å². The van der Waals surface area contributed by atoms with E-state index in [-0.39, 0.29) is 0 Å². The zero-order valence-corrected chi connectivity index (χ0v) is 22.8. The summed E-state index contributed by atoms with van der Waals surface area (Å²) in [5.41, 5.74) is 10.9. The number of hydrogen-bond donors (Lipinski definition) is 0. The summed E-state index contributed by atoms with van der Waals surface area (Å²) in [6, 6.07) is 34.4. The molecule has 190 valence electrons. The second-order valence-corrected chi connectivity index (χ2v) is 9.39. The van der Waals surface area contributed by atoms with Crippen molar-refractivity contribution in [2.75, 3.05) is 0 Å². The standard InChI is InChI=1S/C34H25N3.C2H6/c1-3-9-22(4-2)23-14-16-24(17-15-23)25-18-19-31-27(20-25)33-28(21-26-10-5-6-11-29(26)35-33)34-36-30-12-7-8-13-32(30)37(31)34;1-2/h3-21H,1-2H3;1-2H3/b9-3-,22-4+;. The van der Waals surface area contributed by atoms with Crippen LogP contribution in [0.3, 0.4) is 0 Å². The molecule has 0 saturated heterocycles. The molecule has 3 heteroatoms. The molecule has 0 atom stereocenters. The molecule has 0 radical (unpaired) electrons. The van der Waals surface area contributed by atoms with E-state index in [4.69, 9.17) is 9.97 Å². The maximum atomic E-state index is 5.16. The molecule has 39 heavy (non-hydrogen) atoms. The maximum absolute atomic E-state index is 5.16. The van der Waals surface area contributed by atoms with Gasteiger partial charge in [-0.3, -0.25) is 4.40 Å². The molecule has 0 bridgehead atoms. The molecule has 0 aliphatic carbocycles. The Bertz CT molecular complexity index is 2040. The van der Waals surface area contributed by atoms with Crippen LogP contribution >= 0.6 is 0 Å². The van der Waals surface area contributed by atoms with Gasteiger partial charge in [-0.15, -0.1) is 0 Å². The van der Waals surface area contributed by atoms with Crippen molar-refractivity contribution in [1.29, 1.82) is 0 Å². The molecule has 0 aliphatic heterocycles. The van der Waals surface area contributed by atoms with E-state index in [1.165, 1.54) is 22.3 Å². The quantitative estimate of drug-likeness (QED) is 0.136. The van der Waals surface area contributed by atoms with Crippen LogP contribution < -0.4 is 0 Å². The van der Waals surface area contributed by atoms with Gasteiger partial charge >= 0.3 is 0 Å². The van der Waals surface area contributed by atoms with Gasteiger partial charge in [0.2, 0.25) is 0 Å². The summed E-state index contributed by atoms with van der Waals surface area (Å²) in [6.45, 7) is 8.13. The van der Waals surface area contributed by atoms with Crippen molar-refractivity contribution in [3.8, 4) is 11.1 Å². The Morgan fingerprint density at radius 1 is 0.667 bits per heavy atom. The van der Waals surface area contributed by atoms with Crippen molar-refractivity contribution in [2.45, 2.75) is 27.7 Å². The normalized spacial score (nSPS) is 12.2. The number of benzene rings is 4. The Morgan fingerprint density at radius 2 is 1.38 bits per heavy atom. The van der Waals surface area contributed by atoms with Crippen LogP contribution in [-0.2, 0) is 0 Å². The van der Waals surface area contributed by atoms with Crippen LogP contribution in [0.15, 0.2) is 115 Å². The minimum Gasteiger partial charge on any atom is -0.292 e. The lowest BCUT2D eigenvalue weighted by atomic mass is 9.98. The molecule has 0 amide bonds. The van der Waals surface area contributed by atoms with E-state index in [2.05, 4.69) is 121 Å². The third-order valence-corrected chi connectivity index (χ3v) is 7.23. The first-order chi connectivity index (χ1) is 19.2. The minimum absolute atomic E-state index is 0.946. The minimum atomic E-state index is 0.946. The van der Waals surface area contributed by atoms with Gasteiger partial charge in [-0.25, -0.2) is 9.97 Å². The predicted molar refractivity (Wildman–Crippen MR) is 168 cm³/mol. The summed E-state index contributed by atoms with van der Waals surface area (Å²) in [4.78, 5) is 10.2. The number of fused-ring (bicyclic) bond motifs is 9. The number of rotatable bonds is 3. The molecule has 0 fully saturated rings. The van der Waals surface area contributed by atoms with Gasteiger partial charge in [-0.05, 0) is 72.5 Å². The smallest absolute Gasteiger partial charge is 0.147 e. The Kier molecular flexibility index (Phi) is 6.42. The Labute approximate surface area is 228 Å². The fourth-order valence-electron chi connectivity index (χ4n) is 5.44. The van der Waals surface area contributed by atoms with Crippen molar-refractivity contribution in [2.24, 2.45) is 0 Å². The molecule has 3 nitrogen and oxygen atoms in total. The molecule has 0 N–H and O–H groups in total. The van der Waals surface area contributed by atoms with Gasteiger partial charge in [0.05, 0.1) is 27.6 Å². The van der Waals surface area contributed by atoms with Crippen LogP contribution in [0, 0.1) is 0 Å². The van der Waals surface area contributed by atoms with Crippen LogP contribution in [0.25, 0.3) is 66.1 Å². The number of aromatic nitrogens is 3. The van der Waals surface area contributed by atoms with Gasteiger partial charge in [0.25, 0.3) is 0 Å². The van der Waals surface area contributed by atoms with Gasteiger partial charge in [0, 0.05) is 16.2 Å². The first kappa shape index (κ1) is 24.6. The third-order valence-electron chi connectivity index (χ3n) is 7.23. The van der Waals surface area contributed by atoms with E-state index in [9.17, 15) is 0 Å². The SMILES string of the molecule is C/C=C\C(=C/C)c1ccc(-c2ccc3c(c2)c2nc4ccccc4cc2c2nc4ccccc4n32)cc1.CC. The third kappa shape index (κ3) is 4.07. The maximum Gasteiger partial charge on any atom is 0.147 e. The van der Waals surface area contributed by atoms with Crippen LogP contribution in [-0.4, -0.2) is 14.4 Å². The lowest BCUT2D eigenvalue weighted by Crippen LogP contribution is -1.94. The second kappa shape index (κ2) is 10.2. The summed E-state index contributed by atoms with van der Waals surface area (Å²) in [7, 11) is 0. The van der Waals surface area contributed by atoms with Gasteiger partial charge < -0.3 is 0 Å². The average Bonchev–Trinajstić information content (AvgIpc) is 3.40. The molecule has 0 aliphatic rings. The first-order valence-corrected chi connectivity index (χ1v) is 13.7. The number of nitrogens with zero attached hydrogens (tertiary/aromatic N) is 3. The van der Waals surface area contributed by atoms with E-state index >= 15 is 0 Å². The second-order valence-electron chi connectivity index (χ2n) is 9.39. The van der Waals surface area contributed by atoms with Gasteiger partial charge in [-0.2, -0.15) is 0 Å². The first-order valence-electron chi connectivity index (χ1n) is 13.7. The molecule has 0 spiro atoms. The number of imidazole rings is 1. The number of hydrogen-bond acceptors (Lipinski definition) is 2. The highest BCUT2D eigenvalue weighted by atomic mass is 15.0. The lowest BCUT2D eigenvalue weighted by Gasteiger charge is -2.12. The van der Waals surface area contributed by atoms with Crippen LogP contribution in [0.2, 0.25) is 0 Å². The fraction of sp³-hybridized carbons (Fsp3) is 0.111. The van der Waals surface area contributed by atoms with Crippen molar-refractivity contribution in [3.63, 3.8) is 0 Å². The summed E-state index contributed by atoms with van der Waals surface area (Å²) in [6.07, 6.45) is 6.37.